The molecule has 0 fully saturated rings. The minimum absolute atomic E-state index is 0.341. The molecular formula is C12H6BrClN4O2. The number of halogens is 2. The minimum atomic E-state index is -1.32. The Hall–Kier alpha value is -2.17. The third-order valence-electron chi connectivity index (χ3n) is 2.29. The molecule has 0 aliphatic rings. The Bertz CT molecular complexity index is 748. The normalized spacial score (nSPS) is 11.2. The topological polar surface area (TPSA) is 91.8 Å². The number of carbonyl (C=O) groups is 1. The third kappa shape index (κ3) is 2.87. The van der Waals surface area contributed by atoms with Crippen molar-refractivity contribution in [3.8, 4) is 11.9 Å². The molecule has 20 heavy (non-hydrogen) atoms. The summed E-state index contributed by atoms with van der Waals surface area (Å²) in [6.45, 7) is 0. The molecule has 0 saturated heterocycles. The van der Waals surface area contributed by atoms with Gasteiger partial charge in [0.15, 0.2) is 5.82 Å². The predicted molar refractivity (Wildman–Crippen MR) is 75.3 cm³/mol. The maximum atomic E-state index is 10.9. The van der Waals surface area contributed by atoms with Gasteiger partial charge in [-0.2, -0.15) is 10.4 Å². The van der Waals surface area contributed by atoms with Gasteiger partial charge in [0.2, 0.25) is 0 Å². The fourth-order valence-corrected chi connectivity index (χ4v) is 2.06. The van der Waals surface area contributed by atoms with E-state index in [1.54, 1.807) is 24.3 Å². The average molecular weight is 354 g/mol. The van der Waals surface area contributed by atoms with E-state index in [-0.39, 0.29) is 0 Å². The van der Waals surface area contributed by atoms with Crippen LogP contribution in [0.5, 0.6) is 0 Å². The quantitative estimate of drug-likeness (QED) is 0.676. The van der Waals surface area contributed by atoms with Crippen molar-refractivity contribution >= 4 is 39.6 Å². The summed E-state index contributed by atoms with van der Waals surface area (Å²) in [6.07, 6.45) is 2.73. The van der Waals surface area contributed by atoms with Crippen molar-refractivity contribution in [2.45, 2.75) is 0 Å². The maximum absolute atomic E-state index is 10.9. The van der Waals surface area contributed by atoms with Crippen LogP contribution in [0, 0.1) is 11.3 Å². The van der Waals surface area contributed by atoms with Crippen molar-refractivity contribution in [1.29, 1.82) is 5.26 Å². The van der Waals surface area contributed by atoms with Crippen molar-refractivity contribution in [1.82, 2.24) is 14.8 Å². The fraction of sp³-hybridized carbons (Fsp3) is 0. The zero-order valence-corrected chi connectivity index (χ0v) is 12.1. The van der Waals surface area contributed by atoms with E-state index in [2.05, 4.69) is 26.0 Å². The van der Waals surface area contributed by atoms with Gasteiger partial charge in [-0.1, -0.05) is 11.6 Å². The van der Waals surface area contributed by atoms with Gasteiger partial charge in [-0.25, -0.2) is 14.5 Å². The number of hydrogen-bond acceptors (Lipinski definition) is 4. The number of aromatic nitrogens is 3. The summed E-state index contributed by atoms with van der Waals surface area (Å²) in [5, 5.41) is 22.2. The molecule has 0 aliphatic carbocycles. The maximum Gasteiger partial charge on any atom is 0.346 e. The summed E-state index contributed by atoms with van der Waals surface area (Å²) in [6, 6.07) is 6.46. The van der Waals surface area contributed by atoms with Crippen LogP contribution in [0.15, 0.2) is 34.6 Å². The zero-order valence-electron chi connectivity index (χ0n) is 9.79. The number of nitrogens with zero attached hydrogens (tertiary/aromatic N) is 4. The van der Waals surface area contributed by atoms with Crippen molar-refractivity contribution in [3.63, 3.8) is 0 Å². The second-order valence-corrected chi connectivity index (χ2v) is 4.81. The molecule has 0 aromatic carbocycles. The van der Waals surface area contributed by atoms with Crippen molar-refractivity contribution in [3.05, 3.63) is 45.3 Å². The van der Waals surface area contributed by atoms with Gasteiger partial charge >= 0.3 is 5.97 Å². The smallest absolute Gasteiger partial charge is 0.346 e. The summed E-state index contributed by atoms with van der Waals surface area (Å²) < 4.78 is 1.82. The van der Waals surface area contributed by atoms with Gasteiger partial charge in [0, 0.05) is 6.20 Å². The van der Waals surface area contributed by atoms with Crippen LogP contribution in [-0.2, 0) is 4.79 Å². The number of pyridine rings is 1. The predicted octanol–water partition coefficient (Wildman–Crippen LogP) is 2.67. The molecule has 0 radical (unpaired) electrons. The Balaban J connectivity index is 2.61. The SMILES string of the molecule is N#C/C(=C\c1cc(Br)nn1-c1ncccc1Cl)C(=O)O. The van der Waals surface area contributed by atoms with Crippen LogP contribution in [0.4, 0.5) is 0 Å². The molecule has 0 bridgehead atoms. The first-order valence-corrected chi connectivity index (χ1v) is 6.41. The third-order valence-corrected chi connectivity index (χ3v) is 2.97. The Morgan fingerprint density at radius 2 is 2.35 bits per heavy atom. The second kappa shape index (κ2) is 5.86. The molecule has 0 unspecified atom stereocenters. The Morgan fingerprint density at radius 1 is 1.60 bits per heavy atom. The summed E-state index contributed by atoms with van der Waals surface area (Å²) in [4.78, 5) is 15.0. The van der Waals surface area contributed by atoms with Gasteiger partial charge in [-0.05, 0) is 40.2 Å². The van der Waals surface area contributed by atoms with Gasteiger partial charge < -0.3 is 5.11 Å². The van der Waals surface area contributed by atoms with Gasteiger partial charge in [0.25, 0.3) is 0 Å². The van der Waals surface area contributed by atoms with E-state index in [1.165, 1.54) is 17.0 Å². The van der Waals surface area contributed by atoms with E-state index in [9.17, 15) is 4.79 Å². The highest BCUT2D eigenvalue weighted by molar-refractivity contribution is 9.10. The van der Waals surface area contributed by atoms with E-state index < -0.39 is 11.5 Å². The van der Waals surface area contributed by atoms with Crippen LogP contribution in [0.25, 0.3) is 11.9 Å². The van der Waals surface area contributed by atoms with Crippen LogP contribution in [0.2, 0.25) is 5.02 Å². The van der Waals surface area contributed by atoms with E-state index in [0.717, 1.165) is 0 Å². The number of carboxylic acids is 1. The lowest BCUT2D eigenvalue weighted by atomic mass is 10.2. The first-order chi connectivity index (χ1) is 9.52. The van der Waals surface area contributed by atoms with E-state index in [4.69, 9.17) is 22.0 Å². The number of aliphatic carboxylic acids is 1. The summed E-state index contributed by atoms with van der Waals surface area (Å²) >= 11 is 9.22. The van der Waals surface area contributed by atoms with Gasteiger partial charge in [0.1, 0.15) is 16.2 Å². The first-order valence-electron chi connectivity index (χ1n) is 5.24. The highest BCUT2D eigenvalue weighted by Crippen LogP contribution is 2.22. The summed E-state index contributed by atoms with van der Waals surface area (Å²) in [5.74, 6) is -0.975. The minimum Gasteiger partial charge on any atom is -0.477 e. The Labute approximate surface area is 127 Å². The molecule has 0 atom stereocenters. The van der Waals surface area contributed by atoms with Gasteiger partial charge in [-0.3, -0.25) is 0 Å². The molecule has 2 rings (SSSR count). The number of rotatable bonds is 3. The van der Waals surface area contributed by atoms with Crippen LogP contribution in [-0.4, -0.2) is 25.8 Å². The number of hydrogen-bond donors (Lipinski definition) is 1. The molecule has 6 nitrogen and oxygen atoms in total. The first kappa shape index (κ1) is 14.2. The largest absolute Gasteiger partial charge is 0.477 e. The van der Waals surface area contributed by atoms with Gasteiger partial charge in [0.05, 0.1) is 10.7 Å². The molecule has 2 aromatic rings. The molecule has 8 heteroatoms. The van der Waals surface area contributed by atoms with Crippen molar-refractivity contribution in [2.75, 3.05) is 0 Å². The van der Waals surface area contributed by atoms with Crippen LogP contribution >= 0.6 is 27.5 Å². The summed E-state index contributed by atoms with van der Waals surface area (Å²) in [5.41, 5.74) is -0.0397. The van der Waals surface area contributed by atoms with Gasteiger partial charge in [-0.15, -0.1) is 0 Å². The lowest BCUT2D eigenvalue weighted by molar-refractivity contribution is -0.132. The van der Waals surface area contributed by atoms with Crippen LogP contribution < -0.4 is 0 Å². The Morgan fingerprint density at radius 3 is 2.95 bits per heavy atom. The highest BCUT2D eigenvalue weighted by Gasteiger charge is 2.13. The molecule has 0 aliphatic heterocycles. The van der Waals surface area contributed by atoms with Crippen LogP contribution in [0.3, 0.4) is 0 Å². The van der Waals surface area contributed by atoms with E-state index >= 15 is 0 Å². The Kier molecular flexibility index (Phi) is 4.17. The fourth-order valence-electron chi connectivity index (χ4n) is 1.46. The highest BCUT2D eigenvalue weighted by atomic mass is 79.9. The number of carboxylic acid groups (broad SMARTS) is 1. The molecule has 0 saturated carbocycles. The lowest BCUT2D eigenvalue weighted by Crippen LogP contribution is -2.04. The zero-order chi connectivity index (χ0) is 14.7. The molecule has 2 heterocycles. The van der Waals surface area contributed by atoms with E-state index in [0.29, 0.717) is 21.1 Å². The summed E-state index contributed by atoms with van der Waals surface area (Å²) in [7, 11) is 0. The van der Waals surface area contributed by atoms with Crippen molar-refractivity contribution < 1.29 is 9.90 Å². The number of nitriles is 1. The average Bonchev–Trinajstić information content (AvgIpc) is 2.77. The monoisotopic (exact) mass is 352 g/mol. The molecule has 100 valence electrons. The van der Waals surface area contributed by atoms with E-state index in [1.807, 2.05) is 0 Å². The molecule has 0 amide bonds. The molecule has 2 aromatic heterocycles. The standard InChI is InChI=1S/C12H6BrClN4O2/c13-10-5-8(4-7(6-15)12(19)20)18(17-10)11-9(14)2-1-3-16-11/h1-5H,(H,19,20)/b7-4+. The van der Waals surface area contributed by atoms with Crippen LogP contribution in [0.1, 0.15) is 5.69 Å². The molecule has 0 spiro atoms. The lowest BCUT2D eigenvalue weighted by Gasteiger charge is -2.05. The molecule has 1 N–H and O–H groups in total. The van der Waals surface area contributed by atoms with Crippen molar-refractivity contribution in [2.24, 2.45) is 0 Å². The second-order valence-electron chi connectivity index (χ2n) is 3.59. The molecular weight excluding hydrogens is 348 g/mol.